The SMILES string of the molecule is O=C1COc2ccc(Br)cc2N1CCCC1CCCN1. The number of amides is 1. The molecule has 0 bridgehead atoms. The number of nitrogens with one attached hydrogen (secondary N) is 1. The van der Waals surface area contributed by atoms with Crippen LogP contribution in [0.5, 0.6) is 5.75 Å². The molecule has 0 aliphatic carbocycles. The molecule has 0 radical (unpaired) electrons. The first-order valence-electron chi connectivity index (χ1n) is 7.20. The molecule has 2 aliphatic rings. The predicted molar refractivity (Wildman–Crippen MR) is 82.2 cm³/mol. The topological polar surface area (TPSA) is 41.6 Å². The highest BCUT2D eigenvalue weighted by molar-refractivity contribution is 9.10. The molecule has 20 heavy (non-hydrogen) atoms. The van der Waals surface area contributed by atoms with E-state index in [0.717, 1.165) is 41.8 Å². The minimum absolute atomic E-state index is 0.0509. The molecule has 5 heteroatoms. The minimum Gasteiger partial charge on any atom is -0.482 e. The second-order valence-corrected chi connectivity index (χ2v) is 6.30. The number of fused-ring (bicyclic) bond motifs is 1. The van der Waals surface area contributed by atoms with E-state index in [1.807, 2.05) is 23.1 Å². The summed E-state index contributed by atoms with van der Waals surface area (Å²) in [5.41, 5.74) is 0.884. The second kappa shape index (κ2) is 6.14. The Bertz CT molecular complexity index is 501. The van der Waals surface area contributed by atoms with Crippen LogP contribution in [0.3, 0.4) is 0 Å². The van der Waals surface area contributed by atoms with Crippen molar-refractivity contribution >= 4 is 27.5 Å². The molecule has 108 valence electrons. The summed E-state index contributed by atoms with van der Waals surface area (Å²) >= 11 is 3.46. The molecule has 2 heterocycles. The van der Waals surface area contributed by atoms with Crippen LogP contribution >= 0.6 is 15.9 Å². The van der Waals surface area contributed by atoms with Crippen LogP contribution in [0.1, 0.15) is 25.7 Å². The van der Waals surface area contributed by atoms with Gasteiger partial charge in [0.15, 0.2) is 6.61 Å². The van der Waals surface area contributed by atoms with Gasteiger partial charge in [0.25, 0.3) is 5.91 Å². The highest BCUT2D eigenvalue weighted by Gasteiger charge is 2.25. The number of carbonyl (C=O) groups is 1. The average Bonchev–Trinajstić information content (AvgIpc) is 2.94. The van der Waals surface area contributed by atoms with Crippen molar-refractivity contribution in [2.75, 3.05) is 24.6 Å². The van der Waals surface area contributed by atoms with Gasteiger partial charge in [-0.3, -0.25) is 4.79 Å². The summed E-state index contributed by atoms with van der Waals surface area (Å²) in [6.07, 6.45) is 4.69. The quantitative estimate of drug-likeness (QED) is 0.917. The number of carbonyl (C=O) groups excluding carboxylic acids is 1. The maximum Gasteiger partial charge on any atom is 0.265 e. The largest absolute Gasteiger partial charge is 0.482 e. The Balaban J connectivity index is 1.65. The fourth-order valence-electron chi connectivity index (χ4n) is 2.92. The van der Waals surface area contributed by atoms with Crippen molar-refractivity contribution in [2.45, 2.75) is 31.7 Å². The molecule has 0 saturated carbocycles. The molecule has 1 fully saturated rings. The summed E-state index contributed by atoms with van der Waals surface area (Å²) in [6.45, 7) is 2.05. The zero-order valence-electron chi connectivity index (χ0n) is 11.4. The molecular weight excluding hydrogens is 320 g/mol. The van der Waals surface area contributed by atoms with Crippen molar-refractivity contribution in [3.8, 4) is 5.75 Å². The zero-order valence-corrected chi connectivity index (χ0v) is 13.0. The lowest BCUT2D eigenvalue weighted by atomic mass is 10.1. The first-order valence-corrected chi connectivity index (χ1v) is 7.99. The molecule has 2 aliphatic heterocycles. The Hall–Kier alpha value is -1.07. The van der Waals surface area contributed by atoms with Crippen molar-refractivity contribution < 1.29 is 9.53 Å². The summed E-state index contributed by atoms with van der Waals surface area (Å²) in [4.78, 5) is 13.9. The second-order valence-electron chi connectivity index (χ2n) is 5.38. The van der Waals surface area contributed by atoms with Gasteiger partial charge >= 0.3 is 0 Å². The Labute approximate surface area is 127 Å². The summed E-state index contributed by atoms with van der Waals surface area (Å²) in [7, 11) is 0. The average molecular weight is 339 g/mol. The maximum absolute atomic E-state index is 12.1. The molecule has 1 N–H and O–H groups in total. The molecular formula is C15H19BrN2O2. The highest BCUT2D eigenvalue weighted by atomic mass is 79.9. The van der Waals surface area contributed by atoms with Crippen molar-refractivity contribution in [3.63, 3.8) is 0 Å². The van der Waals surface area contributed by atoms with Crippen LogP contribution in [-0.4, -0.2) is 31.6 Å². The van der Waals surface area contributed by atoms with Gasteiger partial charge in [0.1, 0.15) is 5.75 Å². The van der Waals surface area contributed by atoms with Gasteiger partial charge in [-0.15, -0.1) is 0 Å². The molecule has 4 nitrogen and oxygen atoms in total. The van der Waals surface area contributed by atoms with Crippen LogP contribution < -0.4 is 15.0 Å². The Kier molecular flexibility index (Phi) is 4.27. The number of ether oxygens (including phenoxy) is 1. The molecule has 0 aromatic heterocycles. The van der Waals surface area contributed by atoms with Gasteiger partial charge in [0.05, 0.1) is 5.69 Å². The van der Waals surface area contributed by atoms with E-state index in [-0.39, 0.29) is 12.5 Å². The van der Waals surface area contributed by atoms with E-state index in [4.69, 9.17) is 4.74 Å². The normalized spacial score (nSPS) is 21.8. The van der Waals surface area contributed by atoms with E-state index in [9.17, 15) is 4.79 Å². The number of halogens is 1. The van der Waals surface area contributed by atoms with Crippen molar-refractivity contribution in [1.29, 1.82) is 0 Å². The Morgan fingerprint density at radius 3 is 3.15 bits per heavy atom. The lowest BCUT2D eigenvalue weighted by Crippen LogP contribution is -2.39. The lowest BCUT2D eigenvalue weighted by molar-refractivity contribution is -0.121. The molecule has 1 saturated heterocycles. The smallest absolute Gasteiger partial charge is 0.265 e. The Morgan fingerprint density at radius 1 is 1.45 bits per heavy atom. The predicted octanol–water partition coefficient (Wildman–Crippen LogP) is 2.71. The number of nitrogens with zero attached hydrogens (tertiary/aromatic N) is 1. The van der Waals surface area contributed by atoms with Gasteiger partial charge in [0.2, 0.25) is 0 Å². The third kappa shape index (κ3) is 2.99. The molecule has 0 spiro atoms. The summed E-state index contributed by atoms with van der Waals surface area (Å²) < 4.78 is 6.45. The fourth-order valence-corrected chi connectivity index (χ4v) is 3.27. The minimum atomic E-state index is 0.0509. The van der Waals surface area contributed by atoms with Crippen LogP contribution in [0, 0.1) is 0 Å². The van der Waals surface area contributed by atoms with Gasteiger partial charge in [-0.2, -0.15) is 0 Å². The summed E-state index contributed by atoms with van der Waals surface area (Å²) in [6, 6.07) is 6.44. The molecule has 1 aromatic carbocycles. The Morgan fingerprint density at radius 2 is 2.35 bits per heavy atom. The van der Waals surface area contributed by atoms with Crippen LogP contribution in [0.15, 0.2) is 22.7 Å². The van der Waals surface area contributed by atoms with E-state index >= 15 is 0 Å². The monoisotopic (exact) mass is 338 g/mol. The zero-order chi connectivity index (χ0) is 13.9. The molecule has 1 aromatic rings. The van der Waals surface area contributed by atoms with Gasteiger partial charge < -0.3 is 15.0 Å². The van der Waals surface area contributed by atoms with Gasteiger partial charge in [0, 0.05) is 17.1 Å². The van der Waals surface area contributed by atoms with E-state index in [1.54, 1.807) is 0 Å². The van der Waals surface area contributed by atoms with Crippen molar-refractivity contribution in [2.24, 2.45) is 0 Å². The summed E-state index contributed by atoms with van der Waals surface area (Å²) in [5, 5.41) is 3.50. The van der Waals surface area contributed by atoms with Crippen molar-refractivity contribution in [1.82, 2.24) is 5.32 Å². The van der Waals surface area contributed by atoms with E-state index in [2.05, 4.69) is 21.2 Å². The number of benzene rings is 1. The number of hydrogen-bond donors (Lipinski definition) is 1. The van der Waals surface area contributed by atoms with Gasteiger partial charge in [-0.1, -0.05) is 15.9 Å². The first kappa shape index (κ1) is 13.9. The van der Waals surface area contributed by atoms with E-state index in [0.29, 0.717) is 6.04 Å². The van der Waals surface area contributed by atoms with E-state index < -0.39 is 0 Å². The van der Waals surface area contributed by atoms with Crippen LogP contribution in [-0.2, 0) is 4.79 Å². The van der Waals surface area contributed by atoms with Crippen LogP contribution in [0.2, 0.25) is 0 Å². The molecule has 1 amide bonds. The highest BCUT2D eigenvalue weighted by Crippen LogP contribution is 2.34. The third-order valence-corrected chi connectivity index (χ3v) is 4.45. The first-order chi connectivity index (χ1) is 9.74. The van der Waals surface area contributed by atoms with Gasteiger partial charge in [-0.25, -0.2) is 0 Å². The van der Waals surface area contributed by atoms with E-state index in [1.165, 1.54) is 12.8 Å². The summed E-state index contributed by atoms with van der Waals surface area (Å²) in [5.74, 6) is 0.849. The number of rotatable bonds is 4. The van der Waals surface area contributed by atoms with Crippen LogP contribution in [0.25, 0.3) is 0 Å². The lowest BCUT2D eigenvalue weighted by Gasteiger charge is -2.29. The maximum atomic E-state index is 12.1. The standard InChI is InChI=1S/C15H19BrN2O2/c16-11-5-6-14-13(9-11)18(15(19)10-20-14)8-2-4-12-3-1-7-17-12/h5-6,9,12,17H,1-4,7-8,10H2. The number of anilines is 1. The number of hydrogen-bond acceptors (Lipinski definition) is 3. The molecule has 1 atom stereocenters. The van der Waals surface area contributed by atoms with Crippen LogP contribution in [0.4, 0.5) is 5.69 Å². The molecule has 3 rings (SSSR count). The molecule has 1 unspecified atom stereocenters. The third-order valence-electron chi connectivity index (χ3n) is 3.96. The van der Waals surface area contributed by atoms with Gasteiger partial charge in [-0.05, 0) is 50.4 Å². The van der Waals surface area contributed by atoms with Crippen molar-refractivity contribution in [3.05, 3.63) is 22.7 Å². The fraction of sp³-hybridized carbons (Fsp3) is 0.533.